The van der Waals surface area contributed by atoms with E-state index in [1.807, 2.05) is 18.3 Å². The number of morpholine rings is 1. The molecule has 0 spiro atoms. The summed E-state index contributed by atoms with van der Waals surface area (Å²) >= 11 is 0. The maximum Gasteiger partial charge on any atom is 0.230 e. The summed E-state index contributed by atoms with van der Waals surface area (Å²) in [5.74, 6) is 1.67. The number of carbonyl (C=O) groups is 1. The molecule has 0 atom stereocenters. The highest BCUT2D eigenvalue weighted by Gasteiger charge is 2.17. The van der Waals surface area contributed by atoms with Crippen molar-refractivity contribution in [1.29, 1.82) is 0 Å². The van der Waals surface area contributed by atoms with Crippen LogP contribution in [0.5, 0.6) is 0 Å². The summed E-state index contributed by atoms with van der Waals surface area (Å²) in [7, 11) is 0. The van der Waals surface area contributed by atoms with Crippen LogP contribution in [-0.2, 0) is 4.74 Å². The van der Waals surface area contributed by atoms with Gasteiger partial charge in [-0.3, -0.25) is 4.79 Å². The first-order chi connectivity index (χ1) is 13.3. The summed E-state index contributed by atoms with van der Waals surface area (Å²) in [6.07, 6.45) is 8.81. The molecule has 2 N–H and O–H groups in total. The summed E-state index contributed by atoms with van der Waals surface area (Å²) in [5, 5.41) is 6.50. The van der Waals surface area contributed by atoms with E-state index in [-0.39, 0.29) is 0 Å². The lowest BCUT2D eigenvalue weighted by atomic mass is 10.2. The Morgan fingerprint density at radius 3 is 2.63 bits per heavy atom. The monoisotopic (exact) mass is 368 g/mol. The molecule has 0 radical (unpaired) electrons. The lowest BCUT2D eigenvalue weighted by Crippen LogP contribution is -2.36. The molecular formula is C19H24N6O2. The van der Waals surface area contributed by atoms with E-state index in [0.29, 0.717) is 29.2 Å². The Labute approximate surface area is 158 Å². The summed E-state index contributed by atoms with van der Waals surface area (Å²) < 4.78 is 5.38. The first-order valence-electron chi connectivity index (χ1n) is 9.46. The number of rotatable bonds is 6. The number of anilines is 4. The molecule has 0 aromatic carbocycles. The fraction of sp³-hybridized carbons (Fsp3) is 0.474. The minimum atomic E-state index is 0.373. The highest BCUT2D eigenvalue weighted by atomic mass is 16.5. The zero-order valence-corrected chi connectivity index (χ0v) is 15.2. The molecule has 2 aromatic heterocycles. The molecule has 2 aromatic rings. The van der Waals surface area contributed by atoms with E-state index in [4.69, 9.17) is 4.74 Å². The van der Waals surface area contributed by atoms with Crippen molar-refractivity contribution in [1.82, 2.24) is 15.0 Å². The maximum atomic E-state index is 11.3. The normalized spacial score (nSPS) is 17.7. The van der Waals surface area contributed by atoms with Crippen molar-refractivity contribution < 1.29 is 9.53 Å². The second kappa shape index (κ2) is 8.30. The van der Waals surface area contributed by atoms with Gasteiger partial charge in [0, 0.05) is 25.3 Å². The quantitative estimate of drug-likeness (QED) is 0.752. The van der Waals surface area contributed by atoms with E-state index >= 15 is 0 Å². The van der Waals surface area contributed by atoms with E-state index in [0.717, 1.165) is 51.1 Å². The predicted octanol–water partition coefficient (Wildman–Crippen LogP) is 2.62. The maximum absolute atomic E-state index is 11.3. The largest absolute Gasteiger partial charge is 0.378 e. The Kier molecular flexibility index (Phi) is 5.43. The molecule has 4 rings (SSSR count). The van der Waals surface area contributed by atoms with Crippen LogP contribution in [0.15, 0.2) is 24.5 Å². The predicted molar refractivity (Wildman–Crippen MR) is 104 cm³/mol. The summed E-state index contributed by atoms with van der Waals surface area (Å²) in [4.78, 5) is 26.7. The Morgan fingerprint density at radius 1 is 1.11 bits per heavy atom. The second-order valence-electron chi connectivity index (χ2n) is 6.87. The minimum absolute atomic E-state index is 0.373. The van der Waals surface area contributed by atoms with E-state index in [1.165, 1.54) is 12.8 Å². The molecule has 0 amide bonds. The number of aldehydes is 1. The fourth-order valence-electron chi connectivity index (χ4n) is 3.50. The van der Waals surface area contributed by atoms with Crippen LogP contribution in [0.1, 0.15) is 36.0 Å². The lowest BCUT2D eigenvalue weighted by Gasteiger charge is -2.28. The zero-order valence-electron chi connectivity index (χ0n) is 15.2. The molecule has 1 aliphatic heterocycles. The summed E-state index contributed by atoms with van der Waals surface area (Å²) in [6.45, 7) is 3.24. The third kappa shape index (κ3) is 4.33. The highest BCUT2D eigenvalue weighted by Crippen LogP contribution is 2.24. The molecule has 1 aliphatic carbocycles. The molecule has 1 saturated carbocycles. The van der Waals surface area contributed by atoms with Gasteiger partial charge in [-0.25, -0.2) is 9.97 Å². The number of nitrogens with zero attached hydrogens (tertiary/aromatic N) is 4. The average molecular weight is 368 g/mol. The van der Waals surface area contributed by atoms with Crippen molar-refractivity contribution in [3.05, 3.63) is 30.1 Å². The summed E-state index contributed by atoms with van der Waals surface area (Å²) in [6, 6.07) is 4.31. The molecule has 8 heteroatoms. The van der Waals surface area contributed by atoms with Crippen LogP contribution in [0.2, 0.25) is 0 Å². The van der Waals surface area contributed by atoms with Gasteiger partial charge in [0.25, 0.3) is 0 Å². The molecule has 0 bridgehead atoms. The fourth-order valence-corrected chi connectivity index (χ4v) is 3.50. The van der Waals surface area contributed by atoms with Gasteiger partial charge in [0.05, 0.1) is 30.7 Å². The van der Waals surface area contributed by atoms with Gasteiger partial charge in [-0.05, 0) is 25.0 Å². The van der Waals surface area contributed by atoms with Crippen LogP contribution < -0.4 is 15.5 Å². The number of ether oxygens (including phenoxy) is 1. The lowest BCUT2D eigenvalue weighted by molar-refractivity contribution is 0.112. The molecule has 8 nitrogen and oxygen atoms in total. The molecule has 1 saturated heterocycles. The van der Waals surface area contributed by atoms with Gasteiger partial charge in [-0.15, -0.1) is 0 Å². The van der Waals surface area contributed by atoms with Gasteiger partial charge < -0.3 is 20.3 Å². The number of hydrogen-bond acceptors (Lipinski definition) is 8. The number of aromatic nitrogens is 3. The van der Waals surface area contributed by atoms with Crippen LogP contribution >= 0.6 is 0 Å². The number of hydrogen-bond donors (Lipinski definition) is 2. The SMILES string of the molecule is O=Cc1cnc(Nc2ccc(N3CCOCC3)cn2)nc1NC1CCCC1. The van der Waals surface area contributed by atoms with Gasteiger partial charge >= 0.3 is 0 Å². The third-order valence-electron chi connectivity index (χ3n) is 5.00. The van der Waals surface area contributed by atoms with Crippen LogP contribution in [0.3, 0.4) is 0 Å². The van der Waals surface area contributed by atoms with Gasteiger partial charge in [-0.1, -0.05) is 12.8 Å². The van der Waals surface area contributed by atoms with Gasteiger partial charge in [-0.2, -0.15) is 4.98 Å². The molecule has 142 valence electrons. The second-order valence-corrected chi connectivity index (χ2v) is 6.87. The van der Waals surface area contributed by atoms with Crippen molar-refractivity contribution in [3.8, 4) is 0 Å². The molecule has 2 fully saturated rings. The van der Waals surface area contributed by atoms with E-state index in [9.17, 15) is 4.79 Å². The Hall–Kier alpha value is -2.74. The number of pyridine rings is 1. The highest BCUT2D eigenvalue weighted by molar-refractivity contribution is 5.82. The Bertz CT molecular complexity index is 770. The van der Waals surface area contributed by atoms with E-state index < -0.39 is 0 Å². The number of nitrogens with one attached hydrogen (secondary N) is 2. The van der Waals surface area contributed by atoms with Crippen LogP contribution in [-0.4, -0.2) is 53.6 Å². The van der Waals surface area contributed by atoms with Gasteiger partial charge in [0.15, 0.2) is 6.29 Å². The molecule has 3 heterocycles. The van der Waals surface area contributed by atoms with Crippen LogP contribution in [0.4, 0.5) is 23.3 Å². The summed E-state index contributed by atoms with van der Waals surface area (Å²) in [5.41, 5.74) is 1.55. The first kappa shape index (κ1) is 17.7. The first-order valence-corrected chi connectivity index (χ1v) is 9.46. The van der Waals surface area contributed by atoms with Crippen LogP contribution in [0.25, 0.3) is 0 Å². The Balaban J connectivity index is 1.45. The Morgan fingerprint density at radius 2 is 1.93 bits per heavy atom. The van der Waals surface area contributed by atoms with Crippen molar-refractivity contribution in [3.63, 3.8) is 0 Å². The van der Waals surface area contributed by atoms with E-state index in [1.54, 1.807) is 6.20 Å². The molecule has 27 heavy (non-hydrogen) atoms. The van der Waals surface area contributed by atoms with E-state index in [2.05, 4.69) is 30.5 Å². The molecular weight excluding hydrogens is 344 g/mol. The minimum Gasteiger partial charge on any atom is -0.378 e. The smallest absolute Gasteiger partial charge is 0.230 e. The van der Waals surface area contributed by atoms with Gasteiger partial charge in [0.1, 0.15) is 11.6 Å². The van der Waals surface area contributed by atoms with Crippen LogP contribution in [0, 0.1) is 0 Å². The molecule has 2 aliphatic rings. The van der Waals surface area contributed by atoms with Gasteiger partial charge in [0.2, 0.25) is 5.95 Å². The third-order valence-corrected chi connectivity index (χ3v) is 5.00. The molecule has 0 unspecified atom stereocenters. The zero-order chi connectivity index (χ0) is 18.5. The van der Waals surface area contributed by atoms with Crippen molar-refractivity contribution in [2.75, 3.05) is 41.8 Å². The standard InChI is InChI=1S/C19H24N6O2/c26-13-14-11-21-19(24-18(14)22-15-3-1-2-4-15)23-17-6-5-16(12-20-17)25-7-9-27-10-8-25/h5-6,11-13,15H,1-4,7-10H2,(H2,20,21,22,23,24). The topological polar surface area (TPSA) is 92.3 Å². The van der Waals surface area contributed by atoms with Crippen molar-refractivity contribution in [2.24, 2.45) is 0 Å². The average Bonchev–Trinajstić information content (AvgIpc) is 3.23. The van der Waals surface area contributed by atoms with Crippen molar-refractivity contribution in [2.45, 2.75) is 31.7 Å². The van der Waals surface area contributed by atoms with Crippen molar-refractivity contribution >= 4 is 29.6 Å². The number of carbonyl (C=O) groups excluding carboxylic acids is 1.